The second kappa shape index (κ2) is 6.08. The molecule has 2 heterocycles. The fourth-order valence-corrected chi connectivity index (χ4v) is 4.57. The first kappa shape index (κ1) is 14.4. The van der Waals surface area contributed by atoms with Gasteiger partial charge in [0.05, 0.1) is 22.6 Å². The van der Waals surface area contributed by atoms with Crippen LogP contribution < -0.4 is 5.32 Å². The molecule has 108 valence electrons. The number of nitrogens with one attached hydrogen (secondary N) is 1. The molecule has 1 unspecified atom stereocenters. The number of hydrogen-bond donors (Lipinski definition) is 1. The Hall–Kier alpha value is -1.51. The van der Waals surface area contributed by atoms with Crippen molar-refractivity contribution in [1.29, 1.82) is 5.26 Å². The van der Waals surface area contributed by atoms with Crippen molar-refractivity contribution in [2.45, 2.75) is 32.1 Å². The van der Waals surface area contributed by atoms with Crippen LogP contribution in [0.4, 0.5) is 0 Å². The maximum atomic E-state index is 12.4. The van der Waals surface area contributed by atoms with E-state index in [-0.39, 0.29) is 11.7 Å². The van der Waals surface area contributed by atoms with Gasteiger partial charge in [0.15, 0.2) is 5.78 Å². The zero-order chi connectivity index (χ0) is 14.8. The third kappa shape index (κ3) is 2.54. The van der Waals surface area contributed by atoms with Gasteiger partial charge in [-0.1, -0.05) is 13.0 Å². The number of carbonyl (C=O) groups is 1. The summed E-state index contributed by atoms with van der Waals surface area (Å²) in [6.45, 7) is 2.07. The lowest BCUT2D eigenvalue weighted by molar-refractivity contribution is -0.116. The van der Waals surface area contributed by atoms with Crippen LogP contribution in [0.3, 0.4) is 0 Å². The van der Waals surface area contributed by atoms with Gasteiger partial charge in [0.2, 0.25) is 0 Å². The zero-order valence-electron chi connectivity index (χ0n) is 11.8. The number of hydrogen-bond acceptors (Lipinski definition) is 5. The average molecular weight is 316 g/mol. The van der Waals surface area contributed by atoms with E-state index in [9.17, 15) is 10.1 Å². The molecule has 1 aromatic heterocycles. The van der Waals surface area contributed by atoms with Crippen LogP contribution in [0.25, 0.3) is 0 Å². The quantitative estimate of drug-likeness (QED) is 0.918. The van der Waals surface area contributed by atoms with Crippen LogP contribution in [-0.4, -0.2) is 11.5 Å². The van der Waals surface area contributed by atoms with E-state index in [4.69, 9.17) is 0 Å². The van der Waals surface area contributed by atoms with Gasteiger partial charge in [0.25, 0.3) is 0 Å². The molecule has 0 aromatic carbocycles. The fourth-order valence-electron chi connectivity index (χ4n) is 2.92. The van der Waals surface area contributed by atoms with E-state index in [0.717, 1.165) is 39.8 Å². The van der Waals surface area contributed by atoms with Crippen molar-refractivity contribution in [3.8, 4) is 6.07 Å². The van der Waals surface area contributed by atoms with Gasteiger partial charge >= 0.3 is 0 Å². The highest BCUT2D eigenvalue weighted by Crippen LogP contribution is 2.45. The van der Waals surface area contributed by atoms with Crippen LogP contribution in [0.2, 0.25) is 0 Å². The lowest BCUT2D eigenvalue weighted by Gasteiger charge is -2.32. The van der Waals surface area contributed by atoms with E-state index < -0.39 is 0 Å². The molecule has 3 rings (SSSR count). The summed E-state index contributed by atoms with van der Waals surface area (Å²) < 4.78 is 0. The molecule has 0 fully saturated rings. The number of thiophene rings is 1. The summed E-state index contributed by atoms with van der Waals surface area (Å²) in [5.41, 5.74) is 2.54. The Labute approximate surface area is 132 Å². The summed E-state index contributed by atoms with van der Waals surface area (Å²) in [5, 5.41) is 15.9. The number of carbonyl (C=O) groups excluding carboxylic acids is 1. The Morgan fingerprint density at radius 2 is 2.38 bits per heavy atom. The number of thioether (sulfide) groups is 1. The molecule has 1 N–H and O–H groups in total. The number of allylic oxidation sites excluding steroid dienone is 3. The van der Waals surface area contributed by atoms with Crippen LogP contribution >= 0.6 is 23.1 Å². The number of nitriles is 1. The zero-order valence-corrected chi connectivity index (χ0v) is 13.4. The Kier molecular flexibility index (Phi) is 4.18. The number of nitrogens with zero attached hydrogens (tertiary/aromatic N) is 1. The Morgan fingerprint density at radius 3 is 3.05 bits per heavy atom. The number of dihydropyridines is 1. The van der Waals surface area contributed by atoms with Gasteiger partial charge in [-0.3, -0.25) is 4.79 Å². The summed E-state index contributed by atoms with van der Waals surface area (Å²) in [6.07, 6.45) is 2.39. The van der Waals surface area contributed by atoms with E-state index in [1.165, 1.54) is 0 Å². The SMILES string of the molecule is CCSC1=C(C#N)C(c2cccs2)C2=C(CCCC2=O)N1. The number of Topliss-reactive ketones (excluding diaryl/α,β-unsaturated/α-hetero) is 1. The van der Waals surface area contributed by atoms with Crippen molar-refractivity contribution in [3.05, 3.63) is 44.3 Å². The van der Waals surface area contributed by atoms with Crippen molar-refractivity contribution in [2.75, 3.05) is 5.75 Å². The van der Waals surface area contributed by atoms with E-state index in [2.05, 4.69) is 18.3 Å². The van der Waals surface area contributed by atoms with Gasteiger partial charge in [0.1, 0.15) is 0 Å². The smallest absolute Gasteiger partial charge is 0.161 e. The summed E-state index contributed by atoms with van der Waals surface area (Å²) in [6, 6.07) is 6.36. The Morgan fingerprint density at radius 1 is 1.52 bits per heavy atom. The molecule has 0 saturated carbocycles. The van der Waals surface area contributed by atoms with Crippen LogP contribution in [0, 0.1) is 11.3 Å². The second-order valence-electron chi connectivity index (χ2n) is 5.03. The number of ketones is 1. The van der Waals surface area contributed by atoms with Crippen molar-refractivity contribution in [2.24, 2.45) is 0 Å². The summed E-state index contributed by atoms with van der Waals surface area (Å²) in [7, 11) is 0. The molecule has 0 spiro atoms. The highest BCUT2D eigenvalue weighted by atomic mass is 32.2. The summed E-state index contributed by atoms with van der Waals surface area (Å²) in [4.78, 5) is 13.5. The maximum absolute atomic E-state index is 12.4. The van der Waals surface area contributed by atoms with E-state index in [1.54, 1.807) is 23.1 Å². The maximum Gasteiger partial charge on any atom is 0.161 e. The predicted octanol–water partition coefficient (Wildman–Crippen LogP) is 3.93. The number of rotatable bonds is 3. The average Bonchev–Trinajstić information content (AvgIpc) is 3.00. The van der Waals surface area contributed by atoms with Crippen molar-refractivity contribution < 1.29 is 4.79 Å². The molecule has 21 heavy (non-hydrogen) atoms. The lowest BCUT2D eigenvalue weighted by Crippen LogP contribution is -2.31. The van der Waals surface area contributed by atoms with Gasteiger partial charge in [-0.15, -0.1) is 23.1 Å². The van der Waals surface area contributed by atoms with Crippen molar-refractivity contribution >= 4 is 28.9 Å². The van der Waals surface area contributed by atoms with Crippen LogP contribution in [0.1, 0.15) is 37.0 Å². The molecule has 5 heteroatoms. The van der Waals surface area contributed by atoms with Crippen molar-refractivity contribution in [1.82, 2.24) is 5.32 Å². The Balaban J connectivity index is 2.15. The molecular formula is C16H16N2OS2. The van der Waals surface area contributed by atoms with Gasteiger partial charge in [0, 0.05) is 22.6 Å². The Bertz CT molecular complexity index is 665. The highest BCUT2D eigenvalue weighted by Gasteiger charge is 2.37. The minimum Gasteiger partial charge on any atom is -0.352 e. The van der Waals surface area contributed by atoms with Gasteiger partial charge in [-0.2, -0.15) is 5.26 Å². The fraction of sp³-hybridized carbons (Fsp3) is 0.375. The van der Waals surface area contributed by atoms with Gasteiger partial charge < -0.3 is 5.32 Å². The topological polar surface area (TPSA) is 52.9 Å². The highest BCUT2D eigenvalue weighted by molar-refractivity contribution is 8.03. The first-order valence-electron chi connectivity index (χ1n) is 7.10. The normalized spacial score (nSPS) is 21.9. The monoisotopic (exact) mass is 316 g/mol. The first-order valence-corrected chi connectivity index (χ1v) is 8.96. The summed E-state index contributed by atoms with van der Waals surface area (Å²) >= 11 is 3.27. The minimum absolute atomic E-state index is 0.173. The van der Waals surface area contributed by atoms with Crippen LogP contribution in [0.15, 0.2) is 39.4 Å². The largest absolute Gasteiger partial charge is 0.352 e. The van der Waals surface area contributed by atoms with E-state index in [0.29, 0.717) is 12.0 Å². The molecular weight excluding hydrogens is 300 g/mol. The molecule has 1 aliphatic carbocycles. The van der Waals surface area contributed by atoms with Crippen LogP contribution in [-0.2, 0) is 4.79 Å². The standard InChI is InChI=1S/C16H16N2OS2/c1-2-20-16-10(9-17)14(13-7-4-8-21-13)15-11(18-16)5-3-6-12(15)19/h4,7-8,14,18H,2-3,5-6H2,1H3. The first-order chi connectivity index (χ1) is 10.3. The molecule has 1 atom stereocenters. The van der Waals surface area contributed by atoms with Crippen molar-refractivity contribution in [3.63, 3.8) is 0 Å². The molecule has 1 aliphatic heterocycles. The molecule has 0 amide bonds. The lowest BCUT2D eigenvalue weighted by atomic mass is 9.79. The predicted molar refractivity (Wildman–Crippen MR) is 86.9 cm³/mol. The molecule has 0 radical (unpaired) electrons. The van der Waals surface area contributed by atoms with Gasteiger partial charge in [-0.05, 0) is 30.0 Å². The molecule has 0 saturated heterocycles. The molecule has 1 aromatic rings. The molecule has 3 nitrogen and oxygen atoms in total. The molecule has 0 bridgehead atoms. The third-order valence-corrected chi connectivity index (χ3v) is 5.62. The van der Waals surface area contributed by atoms with Crippen LogP contribution in [0.5, 0.6) is 0 Å². The van der Waals surface area contributed by atoms with Gasteiger partial charge in [-0.25, -0.2) is 0 Å². The second-order valence-corrected chi connectivity index (χ2v) is 7.28. The minimum atomic E-state index is -0.173. The van der Waals surface area contributed by atoms with E-state index >= 15 is 0 Å². The molecule has 2 aliphatic rings. The van der Waals surface area contributed by atoms with E-state index in [1.807, 2.05) is 17.5 Å². The third-order valence-electron chi connectivity index (χ3n) is 3.78. The summed E-state index contributed by atoms with van der Waals surface area (Å²) in [5.74, 6) is 0.921.